The number of aliphatic hydroxyl groups is 1. The molecule has 4 nitrogen and oxygen atoms in total. The molecule has 108 valence electrons. The fourth-order valence-electron chi connectivity index (χ4n) is 1.40. The number of benzene rings is 1. The van der Waals surface area contributed by atoms with Gasteiger partial charge in [0, 0.05) is 5.56 Å². The van der Waals surface area contributed by atoms with Crippen LogP contribution in [0.15, 0.2) is 35.9 Å². The molecule has 0 aromatic heterocycles. The van der Waals surface area contributed by atoms with Gasteiger partial charge in [-0.05, 0) is 6.92 Å². The molecule has 0 spiro atoms. The molecule has 0 heterocycles. The Hall–Kier alpha value is -1.23. The first-order chi connectivity index (χ1) is 9.29. The van der Waals surface area contributed by atoms with Gasteiger partial charge >= 0.3 is 5.97 Å². The predicted molar refractivity (Wildman–Crippen MR) is 80.6 cm³/mol. The Morgan fingerprint density at radius 2 is 1.85 bits per heavy atom. The minimum atomic E-state index is -2.15. The van der Waals surface area contributed by atoms with Crippen molar-refractivity contribution in [3.05, 3.63) is 41.5 Å². The summed E-state index contributed by atoms with van der Waals surface area (Å²) in [7, 11) is 0. The predicted octanol–water partition coefficient (Wildman–Crippen LogP) is 3.91. The third-order valence-electron chi connectivity index (χ3n) is 2.30. The molecule has 0 saturated heterocycles. The van der Waals surface area contributed by atoms with Crippen molar-refractivity contribution < 1.29 is 14.6 Å². The van der Waals surface area contributed by atoms with Gasteiger partial charge in [-0.15, -0.1) is 0 Å². The van der Waals surface area contributed by atoms with E-state index in [4.69, 9.17) is 44.9 Å². The van der Waals surface area contributed by atoms with Crippen LogP contribution >= 0.6 is 34.8 Å². The van der Waals surface area contributed by atoms with Gasteiger partial charge in [-0.3, -0.25) is 5.41 Å². The van der Waals surface area contributed by atoms with Crippen molar-refractivity contribution in [2.75, 3.05) is 6.61 Å². The lowest BCUT2D eigenvalue weighted by molar-refractivity contribution is -0.137. The van der Waals surface area contributed by atoms with Crippen LogP contribution in [0.5, 0.6) is 0 Å². The number of carbonyl (C=O) groups excluding carboxylic acids is 1. The maximum Gasteiger partial charge on any atom is 0.343 e. The molecule has 1 aromatic rings. The Labute approximate surface area is 131 Å². The number of aliphatic hydroxyl groups excluding tert-OH is 1. The van der Waals surface area contributed by atoms with Crippen LogP contribution < -0.4 is 0 Å². The number of carbonyl (C=O) groups is 1. The van der Waals surface area contributed by atoms with Gasteiger partial charge in [-0.25, -0.2) is 4.79 Å². The SMILES string of the molecule is CCOC(=O)/C(C(=N)C(Cl)(Cl)Cl)=C(/O)c1ccccc1. The molecule has 0 aliphatic heterocycles. The monoisotopic (exact) mass is 335 g/mol. The highest BCUT2D eigenvalue weighted by molar-refractivity contribution is 6.78. The topological polar surface area (TPSA) is 70.4 Å². The molecule has 0 unspecified atom stereocenters. The van der Waals surface area contributed by atoms with Gasteiger partial charge in [0.25, 0.3) is 0 Å². The number of hydrogen-bond donors (Lipinski definition) is 2. The summed E-state index contributed by atoms with van der Waals surface area (Å²) in [6.07, 6.45) is 0. The molecule has 0 saturated carbocycles. The summed E-state index contributed by atoms with van der Waals surface area (Å²) in [5.41, 5.74) is -0.810. The van der Waals surface area contributed by atoms with E-state index >= 15 is 0 Å². The van der Waals surface area contributed by atoms with Crippen LogP contribution in [-0.4, -0.2) is 27.2 Å². The lowest BCUT2D eigenvalue weighted by Crippen LogP contribution is -2.27. The summed E-state index contributed by atoms with van der Waals surface area (Å²) in [5, 5.41) is 17.9. The number of alkyl halides is 3. The van der Waals surface area contributed by atoms with Gasteiger partial charge in [0.1, 0.15) is 17.0 Å². The molecular formula is C13H12Cl3NO3. The van der Waals surface area contributed by atoms with Crippen molar-refractivity contribution in [1.29, 1.82) is 5.41 Å². The second-order valence-corrected chi connectivity index (χ2v) is 5.96. The van der Waals surface area contributed by atoms with Gasteiger partial charge in [-0.1, -0.05) is 65.1 Å². The molecule has 2 N–H and O–H groups in total. The first kappa shape index (κ1) is 16.8. The summed E-state index contributed by atoms with van der Waals surface area (Å²) in [6.45, 7) is 1.66. The molecular weight excluding hydrogens is 325 g/mol. The van der Waals surface area contributed by atoms with Crippen molar-refractivity contribution in [2.45, 2.75) is 10.7 Å². The van der Waals surface area contributed by atoms with Crippen LogP contribution in [0.2, 0.25) is 0 Å². The second kappa shape index (κ2) is 6.97. The van der Waals surface area contributed by atoms with Crippen molar-refractivity contribution in [2.24, 2.45) is 0 Å². The van der Waals surface area contributed by atoms with Gasteiger partial charge in [0.15, 0.2) is 0 Å². The number of halogens is 3. The number of esters is 1. The first-order valence-electron chi connectivity index (χ1n) is 5.61. The van der Waals surface area contributed by atoms with E-state index in [1.165, 1.54) is 0 Å². The number of ether oxygens (including phenoxy) is 1. The van der Waals surface area contributed by atoms with E-state index < -0.39 is 26.8 Å². The molecule has 7 heteroatoms. The molecule has 0 aliphatic carbocycles. The Kier molecular flexibility index (Phi) is 5.87. The lowest BCUT2D eigenvalue weighted by atomic mass is 10.0. The average molecular weight is 337 g/mol. The highest BCUT2D eigenvalue weighted by Gasteiger charge is 2.35. The normalized spacial score (nSPS) is 12.6. The number of nitrogens with one attached hydrogen (secondary N) is 1. The van der Waals surface area contributed by atoms with E-state index in [1.54, 1.807) is 37.3 Å². The summed E-state index contributed by atoms with van der Waals surface area (Å²) in [5.74, 6) is -1.40. The van der Waals surface area contributed by atoms with E-state index in [1.807, 2.05) is 0 Å². The third-order valence-corrected chi connectivity index (χ3v) is 2.86. The van der Waals surface area contributed by atoms with Crippen molar-refractivity contribution in [3.8, 4) is 0 Å². The summed E-state index contributed by atoms with van der Waals surface area (Å²) >= 11 is 16.8. The average Bonchev–Trinajstić information content (AvgIpc) is 2.39. The van der Waals surface area contributed by atoms with Crippen LogP contribution in [0.4, 0.5) is 0 Å². The van der Waals surface area contributed by atoms with Gasteiger partial charge in [-0.2, -0.15) is 0 Å². The Morgan fingerprint density at radius 3 is 2.30 bits per heavy atom. The van der Waals surface area contributed by atoms with Crippen molar-refractivity contribution in [1.82, 2.24) is 0 Å². The zero-order valence-corrected chi connectivity index (χ0v) is 12.8. The molecule has 0 atom stereocenters. The van der Waals surface area contributed by atoms with E-state index in [0.29, 0.717) is 5.56 Å². The van der Waals surface area contributed by atoms with Crippen LogP contribution in [-0.2, 0) is 9.53 Å². The zero-order valence-electron chi connectivity index (χ0n) is 10.5. The number of hydrogen-bond acceptors (Lipinski definition) is 4. The molecule has 20 heavy (non-hydrogen) atoms. The molecule has 0 aliphatic rings. The van der Waals surface area contributed by atoms with E-state index in [-0.39, 0.29) is 6.61 Å². The minimum Gasteiger partial charge on any atom is -0.506 e. The maximum absolute atomic E-state index is 11.9. The lowest BCUT2D eigenvalue weighted by Gasteiger charge is -2.16. The molecule has 1 aromatic carbocycles. The quantitative estimate of drug-likeness (QED) is 0.288. The highest BCUT2D eigenvalue weighted by Crippen LogP contribution is 2.33. The smallest absolute Gasteiger partial charge is 0.343 e. The summed E-state index contributed by atoms with van der Waals surface area (Å²) in [4.78, 5) is 11.9. The zero-order chi connectivity index (χ0) is 15.3. The molecule has 0 fully saturated rings. The van der Waals surface area contributed by atoms with E-state index in [9.17, 15) is 9.90 Å². The Morgan fingerprint density at radius 1 is 1.30 bits per heavy atom. The molecule has 0 bridgehead atoms. The third kappa shape index (κ3) is 4.13. The Bertz CT molecular complexity index is 536. The second-order valence-electron chi connectivity index (χ2n) is 3.68. The van der Waals surface area contributed by atoms with Crippen LogP contribution in [0.3, 0.4) is 0 Å². The highest BCUT2D eigenvalue weighted by atomic mass is 35.6. The fourth-order valence-corrected chi connectivity index (χ4v) is 1.69. The van der Waals surface area contributed by atoms with Crippen molar-refractivity contribution >= 4 is 52.2 Å². The Balaban J connectivity index is 3.37. The minimum absolute atomic E-state index is 0.0670. The van der Waals surface area contributed by atoms with Crippen molar-refractivity contribution in [3.63, 3.8) is 0 Å². The number of rotatable bonds is 4. The van der Waals surface area contributed by atoms with Crippen LogP contribution in [0.25, 0.3) is 5.76 Å². The van der Waals surface area contributed by atoms with E-state index in [2.05, 4.69) is 0 Å². The molecule has 0 amide bonds. The molecule has 0 radical (unpaired) electrons. The van der Waals surface area contributed by atoms with Crippen LogP contribution in [0.1, 0.15) is 12.5 Å². The van der Waals surface area contributed by atoms with E-state index in [0.717, 1.165) is 0 Å². The standard InChI is InChI=1S/C13H12Cl3NO3/c1-2-20-12(19)9(11(17)13(14,15)16)10(18)8-6-4-3-5-7-8/h3-7,17-18H,2H2,1H3/b10-9+,17-11?. The molecule has 1 rings (SSSR count). The maximum atomic E-state index is 11.9. The van der Waals surface area contributed by atoms with Gasteiger partial charge < -0.3 is 9.84 Å². The first-order valence-corrected chi connectivity index (χ1v) is 6.74. The summed E-state index contributed by atoms with van der Waals surface area (Å²) < 4.78 is 2.64. The fraction of sp³-hybridized carbons (Fsp3) is 0.231. The van der Waals surface area contributed by atoms with Gasteiger partial charge in [0.2, 0.25) is 3.79 Å². The van der Waals surface area contributed by atoms with Crippen LogP contribution in [0, 0.1) is 5.41 Å². The summed E-state index contributed by atoms with van der Waals surface area (Å²) in [6, 6.07) is 8.17. The van der Waals surface area contributed by atoms with Gasteiger partial charge in [0.05, 0.1) is 6.61 Å². The largest absolute Gasteiger partial charge is 0.506 e.